The number of piperidine rings is 1. The molecule has 122 valence electrons. The van der Waals surface area contributed by atoms with Crippen LogP contribution in [-0.4, -0.2) is 36.5 Å². The molecule has 2 heterocycles. The summed E-state index contributed by atoms with van der Waals surface area (Å²) in [5.41, 5.74) is -0.421. The van der Waals surface area contributed by atoms with Crippen molar-refractivity contribution in [2.45, 2.75) is 31.7 Å². The van der Waals surface area contributed by atoms with Crippen molar-refractivity contribution < 1.29 is 13.6 Å². The highest BCUT2D eigenvalue weighted by Crippen LogP contribution is 2.27. The van der Waals surface area contributed by atoms with Crippen molar-refractivity contribution in [3.8, 4) is 0 Å². The van der Waals surface area contributed by atoms with Crippen LogP contribution in [0.4, 0.5) is 8.78 Å². The smallest absolute Gasteiger partial charge is 0.259 e. The van der Waals surface area contributed by atoms with E-state index in [0.717, 1.165) is 31.5 Å². The van der Waals surface area contributed by atoms with E-state index in [1.54, 1.807) is 4.90 Å². The number of hydrogen-bond acceptors (Lipinski definition) is 2. The number of nitrogens with one attached hydrogen (secondary N) is 1. The van der Waals surface area contributed by atoms with E-state index in [1.165, 1.54) is 18.9 Å². The van der Waals surface area contributed by atoms with Crippen molar-refractivity contribution >= 4 is 18.3 Å². The van der Waals surface area contributed by atoms with E-state index in [0.29, 0.717) is 25.0 Å². The number of amides is 1. The number of carbonyl (C=O) groups excluding carboxylic acids is 1. The van der Waals surface area contributed by atoms with Crippen molar-refractivity contribution in [3.63, 3.8) is 0 Å². The third-order valence-electron chi connectivity index (χ3n) is 4.67. The predicted molar refractivity (Wildman–Crippen MR) is 83.3 cm³/mol. The zero-order chi connectivity index (χ0) is 14.8. The largest absolute Gasteiger partial charge is 0.338 e. The minimum Gasteiger partial charge on any atom is -0.338 e. The molecule has 0 saturated carbocycles. The Morgan fingerprint density at radius 2 is 1.77 bits per heavy atom. The van der Waals surface area contributed by atoms with Crippen molar-refractivity contribution in [1.82, 2.24) is 10.2 Å². The third-order valence-corrected chi connectivity index (χ3v) is 4.67. The number of nitrogens with zero attached hydrogens (tertiary/aromatic N) is 1. The van der Waals surface area contributed by atoms with Crippen LogP contribution in [0.2, 0.25) is 0 Å². The Morgan fingerprint density at radius 1 is 1.14 bits per heavy atom. The SMILES string of the molecule is Cl.O=C(c1c(F)cccc1F)N1CCC(C2CCCN2)CC1. The van der Waals surface area contributed by atoms with Crippen LogP contribution in [0.3, 0.4) is 0 Å². The molecular weight excluding hydrogens is 310 g/mol. The average molecular weight is 331 g/mol. The van der Waals surface area contributed by atoms with Gasteiger partial charge in [0.05, 0.1) is 0 Å². The molecule has 0 bridgehead atoms. The van der Waals surface area contributed by atoms with Gasteiger partial charge in [-0.15, -0.1) is 12.4 Å². The second-order valence-electron chi connectivity index (χ2n) is 5.93. The topological polar surface area (TPSA) is 32.3 Å². The molecule has 3 rings (SSSR count). The van der Waals surface area contributed by atoms with E-state index in [9.17, 15) is 13.6 Å². The highest BCUT2D eigenvalue weighted by Gasteiger charge is 2.31. The molecule has 1 atom stereocenters. The van der Waals surface area contributed by atoms with E-state index in [2.05, 4.69) is 5.32 Å². The summed E-state index contributed by atoms with van der Waals surface area (Å²) in [6.45, 7) is 2.23. The predicted octanol–water partition coefficient (Wildman–Crippen LogP) is 2.99. The van der Waals surface area contributed by atoms with Crippen molar-refractivity contribution in [3.05, 3.63) is 35.4 Å². The van der Waals surface area contributed by atoms with Crippen molar-refractivity contribution in [2.24, 2.45) is 5.92 Å². The maximum atomic E-state index is 13.7. The van der Waals surface area contributed by atoms with Crippen molar-refractivity contribution in [1.29, 1.82) is 0 Å². The molecule has 0 radical (unpaired) electrons. The summed E-state index contributed by atoms with van der Waals surface area (Å²) >= 11 is 0. The first-order chi connectivity index (χ1) is 10.2. The standard InChI is InChI=1S/C16H20F2N2O.ClH/c17-12-3-1-4-13(18)15(12)16(21)20-9-6-11(7-10-20)14-5-2-8-19-14;/h1,3-4,11,14,19H,2,5-10H2;1H. The minimum atomic E-state index is -0.778. The summed E-state index contributed by atoms with van der Waals surface area (Å²) in [7, 11) is 0. The van der Waals surface area contributed by atoms with Gasteiger partial charge in [0.2, 0.25) is 0 Å². The Labute approximate surface area is 135 Å². The minimum absolute atomic E-state index is 0. The molecule has 3 nitrogen and oxygen atoms in total. The van der Waals surface area contributed by atoms with Gasteiger partial charge in [-0.25, -0.2) is 8.78 Å². The van der Waals surface area contributed by atoms with E-state index >= 15 is 0 Å². The second-order valence-corrected chi connectivity index (χ2v) is 5.93. The van der Waals surface area contributed by atoms with Gasteiger partial charge >= 0.3 is 0 Å². The van der Waals surface area contributed by atoms with Gasteiger partial charge in [0, 0.05) is 19.1 Å². The van der Waals surface area contributed by atoms with E-state index in [-0.39, 0.29) is 12.4 Å². The normalized spacial score (nSPS) is 22.5. The average Bonchev–Trinajstić information content (AvgIpc) is 3.01. The van der Waals surface area contributed by atoms with Gasteiger partial charge in [-0.05, 0) is 50.3 Å². The zero-order valence-electron chi connectivity index (χ0n) is 12.4. The number of carbonyl (C=O) groups is 1. The number of halogens is 3. The molecule has 0 spiro atoms. The highest BCUT2D eigenvalue weighted by molar-refractivity contribution is 5.94. The maximum absolute atomic E-state index is 13.7. The first kappa shape index (κ1) is 17.2. The highest BCUT2D eigenvalue weighted by atomic mass is 35.5. The summed E-state index contributed by atoms with van der Waals surface area (Å²) in [5.74, 6) is -1.51. The molecule has 0 aliphatic carbocycles. The summed E-state index contributed by atoms with van der Waals surface area (Å²) in [6.07, 6.45) is 4.21. The van der Waals surface area contributed by atoms with Crippen LogP contribution < -0.4 is 5.32 Å². The molecule has 1 unspecified atom stereocenters. The van der Waals surface area contributed by atoms with Crippen LogP contribution in [0.15, 0.2) is 18.2 Å². The summed E-state index contributed by atoms with van der Waals surface area (Å²) in [5, 5.41) is 3.50. The van der Waals surface area contributed by atoms with E-state index in [4.69, 9.17) is 0 Å². The molecular formula is C16H21ClF2N2O. The molecule has 1 aromatic carbocycles. The first-order valence-electron chi connectivity index (χ1n) is 7.63. The second kappa shape index (κ2) is 7.38. The molecule has 2 fully saturated rings. The molecule has 6 heteroatoms. The molecule has 2 aliphatic heterocycles. The van der Waals surface area contributed by atoms with Crippen LogP contribution in [0, 0.1) is 17.6 Å². The fourth-order valence-corrected chi connectivity index (χ4v) is 3.48. The van der Waals surface area contributed by atoms with Gasteiger partial charge in [-0.1, -0.05) is 6.07 Å². The number of benzene rings is 1. The molecule has 1 N–H and O–H groups in total. The molecule has 1 aromatic rings. The van der Waals surface area contributed by atoms with Crippen LogP contribution in [0.5, 0.6) is 0 Å². The summed E-state index contributed by atoms with van der Waals surface area (Å²) < 4.78 is 27.4. The molecule has 0 aromatic heterocycles. The van der Waals surface area contributed by atoms with Gasteiger partial charge in [-0.2, -0.15) is 0 Å². The lowest BCUT2D eigenvalue weighted by Crippen LogP contribution is -2.43. The van der Waals surface area contributed by atoms with Crippen LogP contribution in [-0.2, 0) is 0 Å². The lowest BCUT2D eigenvalue weighted by atomic mass is 9.88. The van der Waals surface area contributed by atoms with Crippen LogP contribution in [0.1, 0.15) is 36.0 Å². The first-order valence-corrected chi connectivity index (χ1v) is 7.63. The Kier molecular flexibility index (Phi) is 5.75. The fraction of sp³-hybridized carbons (Fsp3) is 0.562. The lowest BCUT2D eigenvalue weighted by Gasteiger charge is -2.35. The Hall–Kier alpha value is -1.20. The van der Waals surface area contributed by atoms with Gasteiger partial charge in [-0.3, -0.25) is 4.79 Å². The Morgan fingerprint density at radius 3 is 2.32 bits per heavy atom. The van der Waals surface area contributed by atoms with Gasteiger partial charge in [0.25, 0.3) is 5.91 Å². The van der Waals surface area contributed by atoms with Gasteiger partial charge < -0.3 is 10.2 Å². The molecule has 2 saturated heterocycles. The number of hydrogen-bond donors (Lipinski definition) is 1. The van der Waals surface area contributed by atoms with Crippen molar-refractivity contribution in [2.75, 3.05) is 19.6 Å². The van der Waals surface area contributed by atoms with Gasteiger partial charge in [0.15, 0.2) is 0 Å². The Bertz CT molecular complexity index is 507. The molecule has 2 aliphatic rings. The summed E-state index contributed by atoms with van der Waals surface area (Å²) in [6, 6.07) is 4.09. The van der Waals surface area contributed by atoms with E-state index < -0.39 is 23.1 Å². The summed E-state index contributed by atoms with van der Waals surface area (Å²) in [4.78, 5) is 13.9. The quantitative estimate of drug-likeness (QED) is 0.904. The van der Waals surface area contributed by atoms with Gasteiger partial charge in [0.1, 0.15) is 17.2 Å². The van der Waals surface area contributed by atoms with Crippen LogP contribution in [0.25, 0.3) is 0 Å². The monoisotopic (exact) mass is 330 g/mol. The maximum Gasteiger partial charge on any atom is 0.259 e. The van der Waals surface area contributed by atoms with Crippen LogP contribution >= 0.6 is 12.4 Å². The lowest BCUT2D eigenvalue weighted by molar-refractivity contribution is 0.0664. The molecule has 1 amide bonds. The zero-order valence-corrected chi connectivity index (χ0v) is 13.2. The number of likely N-dealkylation sites (tertiary alicyclic amines) is 1. The third kappa shape index (κ3) is 3.41. The number of rotatable bonds is 2. The fourth-order valence-electron chi connectivity index (χ4n) is 3.48. The van der Waals surface area contributed by atoms with E-state index in [1.807, 2.05) is 0 Å². The molecule has 22 heavy (non-hydrogen) atoms. The Balaban J connectivity index is 0.00000176.